The fourth-order valence-electron chi connectivity index (χ4n) is 4.96. The number of halogens is 1. The molecule has 3 heterocycles. The largest absolute Gasteiger partial charge is 0.481 e. The van der Waals surface area contributed by atoms with Gasteiger partial charge in [0.25, 0.3) is 5.91 Å². The molecule has 1 aromatic heterocycles. The van der Waals surface area contributed by atoms with Crippen molar-refractivity contribution in [1.82, 2.24) is 9.88 Å². The van der Waals surface area contributed by atoms with E-state index in [1.54, 1.807) is 37.6 Å². The second-order valence-corrected chi connectivity index (χ2v) is 8.43. The van der Waals surface area contributed by atoms with Gasteiger partial charge in [0.2, 0.25) is 5.88 Å². The van der Waals surface area contributed by atoms with Crippen molar-refractivity contribution in [2.45, 2.75) is 44.2 Å². The Morgan fingerprint density at radius 2 is 2.07 bits per heavy atom. The van der Waals surface area contributed by atoms with Crippen LogP contribution in [0.5, 0.6) is 5.88 Å². The third-order valence-electron chi connectivity index (χ3n) is 6.10. The molecule has 2 aromatic rings. The summed E-state index contributed by atoms with van der Waals surface area (Å²) in [6, 6.07) is 10.2. The highest BCUT2D eigenvalue weighted by Gasteiger charge is 2.55. The van der Waals surface area contributed by atoms with Crippen LogP contribution in [0.25, 0.3) is 0 Å². The molecule has 1 aromatic carbocycles. The molecule has 1 atom stereocenters. The number of pyridine rings is 1. The van der Waals surface area contributed by atoms with Crippen LogP contribution >= 0.6 is 0 Å². The topological polar surface area (TPSA) is 45.7 Å². The van der Waals surface area contributed by atoms with Gasteiger partial charge < -0.3 is 14.5 Å². The van der Waals surface area contributed by atoms with E-state index < -0.39 is 0 Å². The quantitative estimate of drug-likeness (QED) is 0.807. The number of nitrogens with zero attached hydrogens (tertiary/aromatic N) is 3. The van der Waals surface area contributed by atoms with Crippen LogP contribution in [-0.4, -0.2) is 47.1 Å². The van der Waals surface area contributed by atoms with E-state index in [-0.39, 0.29) is 22.8 Å². The van der Waals surface area contributed by atoms with Crippen LogP contribution in [0.3, 0.4) is 0 Å². The number of hydrogen-bond acceptors (Lipinski definition) is 4. The molecule has 0 bridgehead atoms. The van der Waals surface area contributed by atoms with E-state index in [4.69, 9.17) is 4.74 Å². The number of carbonyl (C=O) groups excluding carboxylic acids is 1. The van der Waals surface area contributed by atoms with Gasteiger partial charge in [-0.15, -0.1) is 0 Å². The van der Waals surface area contributed by atoms with Gasteiger partial charge in [-0.25, -0.2) is 9.37 Å². The zero-order valence-corrected chi connectivity index (χ0v) is 16.6. The molecule has 0 saturated carbocycles. The van der Waals surface area contributed by atoms with E-state index in [0.717, 1.165) is 31.5 Å². The Balaban J connectivity index is 1.66. The molecule has 2 fully saturated rings. The highest BCUT2D eigenvalue weighted by atomic mass is 19.1. The summed E-state index contributed by atoms with van der Waals surface area (Å²) in [6.45, 7) is 5.78. The van der Waals surface area contributed by atoms with Crippen LogP contribution < -0.4 is 9.64 Å². The number of ether oxygens (including phenoxy) is 1. The van der Waals surface area contributed by atoms with Crippen LogP contribution in [0.1, 0.15) is 43.5 Å². The molecule has 28 heavy (non-hydrogen) atoms. The molecule has 2 aliphatic heterocycles. The molecule has 6 heteroatoms. The third kappa shape index (κ3) is 3.11. The van der Waals surface area contributed by atoms with Gasteiger partial charge in [-0.2, -0.15) is 0 Å². The SMILES string of the molecule is COc1cc(C(=O)N2CCCC23CN(c2cccc(F)c2)C(C)(C)C3)ccn1. The zero-order valence-electron chi connectivity index (χ0n) is 16.6. The van der Waals surface area contributed by atoms with E-state index in [1.807, 2.05) is 11.0 Å². The summed E-state index contributed by atoms with van der Waals surface area (Å²) < 4.78 is 19.0. The minimum atomic E-state index is -0.247. The lowest BCUT2D eigenvalue weighted by Crippen LogP contribution is -2.49. The Bertz CT molecular complexity index is 901. The summed E-state index contributed by atoms with van der Waals surface area (Å²) >= 11 is 0. The van der Waals surface area contributed by atoms with Crippen molar-refractivity contribution in [2.75, 3.05) is 25.1 Å². The minimum Gasteiger partial charge on any atom is -0.481 e. The van der Waals surface area contributed by atoms with Gasteiger partial charge in [-0.05, 0) is 57.4 Å². The number of carbonyl (C=O) groups is 1. The molecule has 148 valence electrons. The zero-order chi connectivity index (χ0) is 19.9. The molecule has 1 unspecified atom stereocenters. The molecule has 5 nitrogen and oxygen atoms in total. The molecule has 1 spiro atoms. The van der Waals surface area contributed by atoms with Crippen LogP contribution in [0.4, 0.5) is 10.1 Å². The molecule has 0 N–H and O–H groups in total. The summed E-state index contributed by atoms with van der Waals surface area (Å²) in [6.07, 6.45) is 4.38. The first-order chi connectivity index (χ1) is 13.3. The first kappa shape index (κ1) is 18.7. The molecule has 0 aliphatic carbocycles. The summed E-state index contributed by atoms with van der Waals surface area (Å²) in [5.74, 6) is 0.208. The smallest absolute Gasteiger partial charge is 0.254 e. The fraction of sp³-hybridized carbons (Fsp3) is 0.455. The Hall–Kier alpha value is -2.63. The highest BCUT2D eigenvalue weighted by Crippen LogP contribution is 2.47. The van der Waals surface area contributed by atoms with Gasteiger partial charge in [0.05, 0.1) is 12.6 Å². The summed E-state index contributed by atoms with van der Waals surface area (Å²) in [4.78, 5) is 21.7. The van der Waals surface area contributed by atoms with Gasteiger partial charge in [0, 0.05) is 42.1 Å². The standard InChI is InChI=1S/C22H26FN3O2/c1-21(2)14-22(15-26(21)18-7-4-6-17(23)13-18)9-5-11-25(22)20(27)16-8-10-24-19(12-16)28-3/h4,6-8,10,12-13H,5,9,11,14-15H2,1-3H3. The van der Waals surface area contributed by atoms with E-state index in [1.165, 1.54) is 6.07 Å². The maximum Gasteiger partial charge on any atom is 0.254 e. The van der Waals surface area contributed by atoms with Crippen LogP contribution in [0.2, 0.25) is 0 Å². The van der Waals surface area contributed by atoms with Crippen molar-refractivity contribution >= 4 is 11.6 Å². The molecular weight excluding hydrogens is 357 g/mol. The van der Waals surface area contributed by atoms with Crippen LogP contribution in [-0.2, 0) is 0 Å². The van der Waals surface area contributed by atoms with E-state index >= 15 is 0 Å². The monoisotopic (exact) mass is 383 g/mol. The molecule has 0 radical (unpaired) electrons. The maximum absolute atomic E-state index is 13.8. The van der Waals surface area contributed by atoms with Gasteiger partial charge in [0.1, 0.15) is 5.82 Å². The number of methoxy groups -OCH3 is 1. The number of likely N-dealkylation sites (tertiary alicyclic amines) is 1. The number of benzene rings is 1. The van der Waals surface area contributed by atoms with Crippen LogP contribution in [0, 0.1) is 5.82 Å². The second-order valence-electron chi connectivity index (χ2n) is 8.43. The Morgan fingerprint density at radius 1 is 1.25 bits per heavy atom. The molecule has 1 amide bonds. The van der Waals surface area contributed by atoms with Gasteiger partial charge >= 0.3 is 0 Å². The number of amides is 1. The van der Waals surface area contributed by atoms with Crippen molar-refractivity contribution in [1.29, 1.82) is 0 Å². The van der Waals surface area contributed by atoms with E-state index in [0.29, 0.717) is 18.0 Å². The van der Waals surface area contributed by atoms with E-state index in [2.05, 4.69) is 23.7 Å². The van der Waals surface area contributed by atoms with Gasteiger partial charge in [0.15, 0.2) is 0 Å². The van der Waals surface area contributed by atoms with E-state index in [9.17, 15) is 9.18 Å². The van der Waals surface area contributed by atoms with Crippen molar-refractivity contribution in [3.05, 3.63) is 54.0 Å². The molecule has 4 rings (SSSR count). The van der Waals surface area contributed by atoms with Crippen molar-refractivity contribution < 1.29 is 13.9 Å². The van der Waals surface area contributed by atoms with Crippen molar-refractivity contribution in [3.63, 3.8) is 0 Å². The van der Waals surface area contributed by atoms with Gasteiger partial charge in [-0.1, -0.05) is 6.07 Å². The normalized spacial score (nSPS) is 23.4. The molecular formula is C22H26FN3O2. The first-order valence-corrected chi connectivity index (χ1v) is 9.70. The first-order valence-electron chi connectivity index (χ1n) is 9.70. The molecule has 2 saturated heterocycles. The minimum absolute atomic E-state index is 0.00934. The predicted octanol–water partition coefficient (Wildman–Crippen LogP) is 3.89. The summed E-state index contributed by atoms with van der Waals surface area (Å²) in [5, 5.41) is 0. The number of anilines is 1. The number of hydrogen-bond donors (Lipinski definition) is 0. The number of aromatic nitrogens is 1. The number of rotatable bonds is 3. The average molecular weight is 383 g/mol. The fourth-order valence-corrected chi connectivity index (χ4v) is 4.96. The third-order valence-corrected chi connectivity index (χ3v) is 6.10. The Labute approximate surface area is 165 Å². The van der Waals surface area contributed by atoms with Crippen LogP contribution in [0.15, 0.2) is 42.6 Å². The lowest BCUT2D eigenvalue weighted by molar-refractivity contribution is 0.0617. The van der Waals surface area contributed by atoms with Crippen molar-refractivity contribution in [3.8, 4) is 5.88 Å². The predicted molar refractivity (Wildman–Crippen MR) is 106 cm³/mol. The Kier molecular flexibility index (Phi) is 4.52. The van der Waals surface area contributed by atoms with Crippen molar-refractivity contribution in [2.24, 2.45) is 0 Å². The Morgan fingerprint density at radius 3 is 2.82 bits per heavy atom. The highest BCUT2D eigenvalue weighted by molar-refractivity contribution is 5.95. The lowest BCUT2D eigenvalue weighted by atomic mass is 9.87. The maximum atomic E-state index is 13.8. The van der Waals surface area contributed by atoms with Gasteiger partial charge in [-0.3, -0.25) is 4.79 Å². The second kappa shape index (κ2) is 6.76. The molecule has 2 aliphatic rings. The lowest BCUT2D eigenvalue weighted by Gasteiger charge is -2.35. The summed E-state index contributed by atoms with van der Waals surface area (Å²) in [5.41, 5.74) is 1.04. The summed E-state index contributed by atoms with van der Waals surface area (Å²) in [7, 11) is 1.55. The average Bonchev–Trinajstić information content (AvgIpc) is 3.20.